The molecule has 4 heteroatoms. The van der Waals surface area contributed by atoms with Crippen LogP contribution in [0, 0.1) is 0 Å². The molecular weight excluding hydrogens is 276 g/mol. The van der Waals surface area contributed by atoms with Crippen molar-refractivity contribution in [1.82, 2.24) is 9.80 Å². The summed E-state index contributed by atoms with van der Waals surface area (Å²) in [6.45, 7) is 2.38. The third-order valence-corrected chi connectivity index (χ3v) is 6.13. The Bertz CT molecular complexity index is 402. The molecule has 0 aromatic heterocycles. The highest BCUT2D eigenvalue weighted by molar-refractivity contribution is 5.79. The molecule has 1 saturated heterocycles. The summed E-state index contributed by atoms with van der Waals surface area (Å²) in [5.41, 5.74) is 0. The molecule has 1 heterocycles. The summed E-state index contributed by atoms with van der Waals surface area (Å²) >= 11 is 0. The monoisotopic (exact) mass is 306 g/mol. The van der Waals surface area contributed by atoms with E-state index in [1.165, 1.54) is 64.2 Å². The van der Waals surface area contributed by atoms with Crippen LogP contribution in [-0.2, 0) is 9.53 Å². The van der Waals surface area contributed by atoms with Gasteiger partial charge in [0.25, 0.3) is 0 Å². The molecule has 4 rings (SSSR count). The van der Waals surface area contributed by atoms with Crippen molar-refractivity contribution in [2.24, 2.45) is 0 Å². The third kappa shape index (κ3) is 3.05. The van der Waals surface area contributed by atoms with Crippen LogP contribution in [0.2, 0.25) is 0 Å². The molecule has 4 fully saturated rings. The van der Waals surface area contributed by atoms with E-state index in [4.69, 9.17) is 4.74 Å². The quantitative estimate of drug-likeness (QED) is 0.800. The van der Waals surface area contributed by atoms with Crippen LogP contribution >= 0.6 is 0 Å². The lowest BCUT2D eigenvalue weighted by atomic mass is 9.90. The summed E-state index contributed by atoms with van der Waals surface area (Å²) in [5, 5.41) is 0. The van der Waals surface area contributed by atoms with E-state index in [1.807, 2.05) is 0 Å². The molecule has 3 aliphatic carbocycles. The predicted molar refractivity (Wildman–Crippen MR) is 85.7 cm³/mol. The maximum absolute atomic E-state index is 13.0. The Hall–Kier alpha value is -0.610. The summed E-state index contributed by atoms with van der Waals surface area (Å²) in [5.74, 6) is 0.403. The number of fused-ring (bicyclic) bond motifs is 1. The van der Waals surface area contributed by atoms with Gasteiger partial charge in [-0.25, -0.2) is 0 Å². The predicted octanol–water partition coefficient (Wildman–Crippen LogP) is 2.56. The smallest absolute Gasteiger partial charge is 0.237 e. The van der Waals surface area contributed by atoms with Gasteiger partial charge in [-0.05, 0) is 38.5 Å². The van der Waals surface area contributed by atoms with Crippen LogP contribution in [0.5, 0.6) is 0 Å². The third-order valence-electron chi connectivity index (χ3n) is 6.13. The lowest BCUT2D eigenvalue weighted by Gasteiger charge is -2.44. The second kappa shape index (κ2) is 6.48. The molecule has 124 valence electrons. The first-order valence-electron chi connectivity index (χ1n) is 9.50. The van der Waals surface area contributed by atoms with Gasteiger partial charge in [-0.15, -0.1) is 0 Å². The maximum atomic E-state index is 13.0. The van der Waals surface area contributed by atoms with Crippen LogP contribution in [0.1, 0.15) is 64.2 Å². The minimum Gasteiger partial charge on any atom is -0.375 e. The van der Waals surface area contributed by atoms with Gasteiger partial charge < -0.3 is 9.64 Å². The number of rotatable bonds is 4. The lowest BCUT2D eigenvalue weighted by Crippen LogP contribution is -2.56. The molecular formula is C18H30N2O2. The molecule has 0 aromatic rings. The Labute approximate surface area is 134 Å². The van der Waals surface area contributed by atoms with E-state index in [0.717, 1.165) is 13.2 Å². The highest BCUT2D eigenvalue weighted by atomic mass is 16.5. The number of carbonyl (C=O) groups is 1. The second-order valence-corrected chi connectivity index (χ2v) is 7.70. The normalized spacial score (nSPS) is 33.6. The Morgan fingerprint density at radius 3 is 2.41 bits per heavy atom. The minimum absolute atomic E-state index is 0.385. The van der Waals surface area contributed by atoms with E-state index < -0.39 is 0 Å². The van der Waals surface area contributed by atoms with Crippen molar-refractivity contribution >= 4 is 5.91 Å². The van der Waals surface area contributed by atoms with Crippen LogP contribution in [0.15, 0.2) is 0 Å². The van der Waals surface area contributed by atoms with Gasteiger partial charge in [-0.1, -0.05) is 25.7 Å². The maximum Gasteiger partial charge on any atom is 0.237 e. The molecule has 1 aliphatic heterocycles. The van der Waals surface area contributed by atoms with Gasteiger partial charge in [0, 0.05) is 24.7 Å². The van der Waals surface area contributed by atoms with Crippen molar-refractivity contribution in [2.45, 2.75) is 88.4 Å². The number of amides is 1. The first-order valence-corrected chi connectivity index (χ1v) is 9.50. The van der Waals surface area contributed by atoms with E-state index >= 15 is 0 Å². The van der Waals surface area contributed by atoms with E-state index in [-0.39, 0.29) is 0 Å². The van der Waals surface area contributed by atoms with E-state index in [0.29, 0.717) is 36.7 Å². The highest BCUT2D eigenvalue weighted by Gasteiger charge is 2.41. The van der Waals surface area contributed by atoms with Gasteiger partial charge in [0.2, 0.25) is 5.91 Å². The van der Waals surface area contributed by atoms with E-state index in [9.17, 15) is 4.79 Å². The summed E-state index contributed by atoms with van der Waals surface area (Å²) < 4.78 is 5.95. The number of hydrogen-bond acceptors (Lipinski definition) is 3. The highest BCUT2D eigenvalue weighted by Crippen LogP contribution is 2.35. The summed E-state index contributed by atoms with van der Waals surface area (Å²) in [4.78, 5) is 17.7. The molecule has 3 saturated carbocycles. The molecule has 1 amide bonds. The fourth-order valence-corrected chi connectivity index (χ4v) is 4.87. The van der Waals surface area contributed by atoms with Gasteiger partial charge in [-0.3, -0.25) is 9.69 Å². The summed E-state index contributed by atoms with van der Waals surface area (Å²) in [7, 11) is 0. The zero-order valence-electron chi connectivity index (χ0n) is 13.7. The first kappa shape index (κ1) is 14.9. The SMILES string of the molecule is O=C(CN1CCO[C@@H]2CCCC[C@H]21)N(C1CCCC1)C1CC1. The summed E-state index contributed by atoms with van der Waals surface area (Å²) in [6.07, 6.45) is 12.9. The number of nitrogens with zero attached hydrogens (tertiary/aromatic N) is 2. The molecule has 0 spiro atoms. The van der Waals surface area contributed by atoms with Crippen LogP contribution in [0.4, 0.5) is 0 Å². The number of morpholine rings is 1. The Balaban J connectivity index is 1.41. The molecule has 0 bridgehead atoms. The van der Waals surface area contributed by atoms with Crippen LogP contribution in [0.3, 0.4) is 0 Å². The Morgan fingerprint density at radius 1 is 0.955 bits per heavy atom. The van der Waals surface area contributed by atoms with Gasteiger partial charge in [-0.2, -0.15) is 0 Å². The second-order valence-electron chi connectivity index (χ2n) is 7.70. The fourth-order valence-electron chi connectivity index (χ4n) is 4.87. The molecule has 0 unspecified atom stereocenters. The Morgan fingerprint density at radius 2 is 1.64 bits per heavy atom. The fraction of sp³-hybridized carbons (Fsp3) is 0.944. The largest absolute Gasteiger partial charge is 0.375 e. The Kier molecular flexibility index (Phi) is 4.40. The average molecular weight is 306 g/mol. The molecule has 0 radical (unpaired) electrons. The van der Waals surface area contributed by atoms with Gasteiger partial charge in [0.15, 0.2) is 0 Å². The number of hydrogen-bond donors (Lipinski definition) is 0. The topological polar surface area (TPSA) is 32.8 Å². The minimum atomic E-state index is 0.385. The van der Waals surface area contributed by atoms with Crippen molar-refractivity contribution in [3.8, 4) is 0 Å². The van der Waals surface area contributed by atoms with E-state index in [2.05, 4.69) is 9.80 Å². The average Bonchev–Trinajstić information content (AvgIpc) is 3.22. The molecule has 2 atom stereocenters. The van der Waals surface area contributed by atoms with Crippen LogP contribution in [-0.4, -0.2) is 59.6 Å². The van der Waals surface area contributed by atoms with Gasteiger partial charge >= 0.3 is 0 Å². The van der Waals surface area contributed by atoms with Crippen molar-refractivity contribution in [2.75, 3.05) is 19.7 Å². The molecule has 0 N–H and O–H groups in total. The van der Waals surface area contributed by atoms with Crippen LogP contribution < -0.4 is 0 Å². The van der Waals surface area contributed by atoms with Crippen LogP contribution in [0.25, 0.3) is 0 Å². The van der Waals surface area contributed by atoms with Crippen molar-refractivity contribution in [3.05, 3.63) is 0 Å². The molecule has 4 nitrogen and oxygen atoms in total. The van der Waals surface area contributed by atoms with Gasteiger partial charge in [0.05, 0.1) is 19.3 Å². The zero-order valence-corrected chi connectivity index (χ0v) is 13.7. The molecule has 4 aliphatic rings. The summed E-state index contributed by atoms with van der Waals surface area (Å²) in [6, 6.07) is 1.61. The van der Waals surface area contributed by atoms with Crippen molar-refractivity contribution < 1.29 is 9.53 Å². The molecule has 22 heavy (non-hydrogen) atoms. The first-order chi connectivity index (χ1) is 10.8. The zero-order chi connectivity index (χ0) is 14.9. The number of ether oxygens (including phenoxy) is 1. The standard InChI is InChI=1S/C18H30N2O2/c21-18(20(15-9-10-15)14-5-1-2-6-14)13-19-11-12-22-17-8-4-3-7-16(17)19/h14-17H,1-13H2/t16-,17-/m1/s1. The van der Waals surface area contributed by atoms with Crippen molar-refractivity contribution in [3.63, 3.8) is 0 Å². The lowest BCUT2D eigenvalue weighted by molar-refractivity contribution is -0.141. The van der Waals surface area contributed by atoms with Gasteiger partial charge in [0.1, 0.15) is 0 Å². The van der Waals surface area contributed by atoms with Crippen molar-refractivity contribution in [1.29, 1.82) is 0 Å². The van der Waals surface area contributed by atoms with E-state index in [1.54, 1.807) is 0 Å². The molecule has 0 aromatic carbocycles. The number of carbonyl (C=O) groups excluding carboxylic acids is 1.